The van der Waals surface area contributed by atoms with Crippen molar-refractivity contribution in [3.63, 3.8) is 0 Å². The largest absolute Gasteiger partial charge is 0.337 e. The number of rotatable bonds is 3. The minimum Gasteiger partial charge on any atom is -0.295 e. The first-order valence-electron chi connectivity index (χ1n) is 6.26. The average Bonchev–Trinajstić information content (AvgIpc) is 2.68. The molecule has 1 aromatic carbocycles. The highest BCUT2D eigenvalue weighted by Crippen LogP contribution is 2.32. The van der Waals surface area contributed by atoms with Crippen molar-refractivity contribution in [3.8, 4) is 0 Å². The molecule has 0 bridgehead atoms. The lowest BCUT2D eigenvalue weighted by Gasteiger charge is -2.22. The number of anilines is 1. The Balaban J connectivity index is 2.50. The highest BCUT2D eigenvalue weighted by atomic mass is 35.6. The van der Waals surface area contributed by atoms with E-state index in [0.717, 1.165) is 4.90 Å². The third kappa shape index (κ3) is 3.20. The van der Waals surface area contributed by atoms with Crippen LogP contribution in [0.4, 0.5) is 10.5 Å². The van der Waals surface area contributed by atoms with Gasteiger partial charge in [0.2, 0.25) is 9.63 Å². The summed E-state index contributed by atoms with van der Waals surface area (Å²) in [4.78, 5) is 30.8. The first-order valence-corrected chi connectivity index (χ1v) is 7.39. The molecule has 2 rings (SSSR count). The molecule has 6 nitrogen and oxygen atoms in total. The predicted octanol–water partition coefficient (Wildman–Crippen LogP) is 2.40. The monoisotopic (exact) mass is 362 g/mol. The number of likely N-dealkylation sites (N-methyl/N-ethyl adjacent to an activating group) is 1. The maximum atomic E-state index is 12.3. The molecule has 1 fully saturated rings. The lowest BCUT2D eigenvalue weighted by Crippen LogP contribution is -2.40. The molecule has 1 heterocycles. The summed E-state index contributed by atoms with van der Waals surface area (Å²) in [5.74, 6) is -0.673. The van der Waals surface area contributed by atoms with Crippen LogP contribution in [-0.4, -0.2) is 46.7 Å². The second-order valence-corrected chi connectivity index (χ2v) is 6.87. The molecule has 1 aliphatic rings. The molecule has 0 radical (unpaired) electrons. The number of carbonyl (C=O) groups excluding carboxylic acids is 2. The number of amides is 3. The highest BCUT2D eigenvalue weighted by molar-refractivity contribution is 6.68. The average molecular weight is 364 g/mol. The standard InChI is InChI=1S/C13H13Cl3N4O2/c1-17-11(13(14,15)16)18-9-10(21)19(2)12(22)20(9)8-6-4-3-5-7-8/h3-7,11,17H,1-2H3. The number of amidine groups is 1. The number of alkyl halides is 3. The molecule has 22 heavy (non-hydrogen) atoms. The third-order valence-corrected chi connectivity index (χ3v) is 3.66. The van der Waals surface area contributed by atoms with Gasteiger partial charge in [-0.15, -0.1) is 0 Å². The fourth-order valence-corrected chi connectivity index (χ4v) is 2.39. The van der Waals surface area contributed by atoms with E-state index in [4.69, 9.17) is 34.8 Å². The van der Waals surface area contributed by atoms with Crippen molar-refractivity contribution in [3.05, 3.63) is 30.3 Å². The van der Waals surface area contributed by atoms with Gasteiger partial charge < -0.3 is 0 Å². The lowest BCUT2D eigenvalue weighted by atomic mass is 10.3. The normalized spacial score (nSPS) is 19.2. The minimum absolute atomic E-state index is 0.107. The first kappa shape index (κ1) is 17.0. The molecule has 1 saturated heterocycles. The number of halogens is 3. The van der Waals surface area contributed by atoms with Crippen LogP contribution < -0.4 is 10.2 Å². The van der Waals surface area contributed by atoms with Crippen LogP contribution in [0.1, 0.15) is 0 Å². The maximum absolute atomic E-state index is 12.3. The van der Waals surface area contributed by atoms with Gasteiger partial charge in [-0.3, -0.25) is 15.0 Å². The summed E-state index contributed by atoms with van der Waals surface area (Å²) in [6.07, 6.45) is -0.984. The minimum atomic E-state index is -1.77. The molecule has 0 aliphatic carbocycles. The van der Waals surface area contributed by atoms with Crippen LogP contribution in [0.5, 0.6) is 0 Å². The van der Waals surface area contributed by atoms with Crippen LogP contribution in [0.3, 0.4) is 0 Å². The van der Waals surface area contributed by atoms with E-state index in [9.17, 15) is 9.59 Å². The van der Waals surface area contributed by atoms with Crippen LogP contribution in [-0.2, 0) is 4.79 Å². The molecule has 1 atom stereocenters. The summed E-state index contributed by atoms with van der Waals surface area (Å²) in [6.45, 7) is 0. The van der Waals surface area contributed by atoms with Crippen molar-refractivity contribution in [2.45, 2.75) is 9.96 Å². The Morgan fingerprint density at radius 1 is 1.18 bits per heavy atom. The summed E-state index contributed by atoms with van der Waals surface area (Å²) >= 11 is 17.5. The number of para-hydroxylation sites is 1. The second-order valence-electron chi connectivity index (χ2n) is 4.50. The van der Waals surface area contributed by atoms with E-state index in [2.05, 4.69) is 10.3 Å². The highest BCUT2D eigenvalue weighted by Gasteiger charge is 2.43. The quantitative estimate of drug-likeness (QED) is 0.662. The van der Waals surface area contributed by atoms with E-state index in [0.29, 0.717) is 5.69 Å². The Hall–Kier alpha value is -1.34. The van der Waals surface area contributed by atoms with Gasteiger partial charge in [0.25, 0.3) is 5.91 Å². The Bertz CT molecular complexity index is 615. The van der Waals surface area contributed by atoms with Crippen molar-refractivity contribution < 1.29 is 9.59 Å². The Labute approximate surface area is 142 Å². The SMILES string of the molecule is CNC(N=C1C(=O)N(C)C(=O)N1c1ccccc1)C(Cl)(Cl)Cl. The molecule has 1 unspecified atom stereocenters. The molecular weight excluding hydrogens is 351 g/mol. The van der Waals surface area contributed by atoms with Gasteiger partial charge in [0.05, 0.1) is 5.69 Å². The van der Waals surface area contributed by atoms with Crippen LogP contribution in [0.25, 0.3) is 0 Å². The number of carbonyl (C=O) groups is 2. The second kappa shape index (κ2) is 6.42. The van der Waals surface area contributed by atoms with Crippen molar-refractivity contribution in [1.82, 2.24) is 10.2 Å². The van der Waals surface area contributed by atoms with Gasteiger partial charge >= 0.3 is 6.03 Å². The van der Waals surface area contributed by atoms with E-state index in [-0.39, 0.29) is 5.84 Å². The van der Waals surface area contributed by atoms with Crippen LogP contribution in [0.2, 0.25) is 0 Å². The number of benzene rings is 1. The zero-order chi connectivity index (χ0) is 16.5. The number of hydrogen-bond acceptors (Lipinski definition) is 4. The van der Waals surface area contributed by atoms with Gasteiger partial charge in [-0.1, -0.05) is 53.0 Å². The van der Waals surface area contributed by atoms with Crippen molar-refractivity contribution in [1.29, 1.82) is 0 Å². The molecule has 0 saturated carbocycles. The zero-order valence-corrected chi connectivity index (χ0v) is 14.0. The van der Waals surface area contributed by atoms with E-state index < -0.39 is 21.9 Å². The van der Waals surface area contributed by atoms with Gasteiger partial charge in [0, 0.05) is 7.05 Å². The molecule has 1 N–H and O–H groups in total. The molecule has 1 aliphatic heterocycles. The predicted molar refractivity (Wildman–Crippen MR) is 87.7 cm³/mol. The molecular formula is C13H13Cl3N4O2. The van der Waals surface area contributed by atoms with Gasteiger partial charge in [0.1, 0.15) is 6.17 Å². The Morgan fingerprint density at radius 2 is 1.77 bits per heavy atom. The number of aliphatic imine (C=N–C) groups is 1. The molecule has 9 heteroatoms. The first-order chi connectivity index (χ1) is 10.3. The van der Waals surface area contributed by atoms with Crippen LogP contribution in [0.15, 0.2) is 35.3 Å². The Morgan fingerprint density at radius 3 is 2.27 bits per heavy atom. The summed E-state index contributed by atoms with van der Waals surface area (Å²) in [7, 11) is 2.90. The van der Waals surface area contributed by atoms with Crippen molar-refractivity contribution >= 4 is 58.3 Å². The number of urea groups is 1. The summed E-state index contributed by atoms with van der Waals surface area (Å²) in [5, 5.41) is 2.70. The topological polar surface area (TPSA) is 65.0 Å². The maximum Gasteiger partial charge on any atom is 0.337 e. The fourth-order valence-electron chi connectivity index (χ4n) is 1.92. The Kier molecular flexibility index (Phi) is 4.97. The van der Waals surface area contributed by atoms with Gasteiger partial charge in [-0.25, -0.2) is 14.7 Å². The van der Waals surface area contributed by atoms with Crippen LogP contribution in [0, 0.1) is 0 Å². The summed E-state index contributed by atoms with van der Waals surface area (Å²) in [5.41, 5.74) is 0.503. The fraction of sp³-hybridized carbons (Fsp3) is 0.308. The number of nitrogens with zero attached hydrogens (tertiary/aromatic N) is 3. The number of hydrogen-bond donors (Lipinski definition) is 1. The molecule has 0 aromatic heterocycles. The third-order valence-electron chi connectivity index (χ3n) is 3.04. The summed E-state index contributed by atoms with van der Waals surface area (Å²) < 4.78 is -1.77. The van der Waals surface area contributed by atoms with Gasteiger partial charge in [0.15, 0.2) is 0 Å². The number of imide groups is 1. The zero-order valence-electron chi connectivity index (χ0n) is 11.8. The molecule has 118 valence electrons. The summed E-state index contributed by atoms with van der Waals surface area (Å²) in [6, 6.07) is 8.13. The lowest BCUT2D eigenvalue weighted by molar-refractivity contribution is -0.119. The van der Waals surface area contributed by atoms with E-state index in [1.807, 2.05) is 0 Å². The van der Waals surface area contributed by atoms with Crippen LogP contribution >= 0.6 is 34.8 Å². The smallest absolute Gasteiger partial charge is 0.295 e. The molecule has 0 spiro atoms. The van der Waals surface area contributed by atoms with Crippen molar-refractivity contribution in [2.24, 2.45) is 4.99 Å². The van der Waals surface area contributed by atoms with E-state index in [1.54, 1.807) is 30.3 Å². The van der Waals surface area contributed by atoms with Crippen molar-refractivity contribution in [2.75, 3.05) is 19.0 Å². The van der Waals surface area contributed by atoms with E-state index in [1.165, 1.54) is 19.0 Å². The van der Waals surface area contributed by atoms with Gasteiger partial charge in [-0.2, -0.15) is 0 Å². The molecule has 3 amide bonds. The molecule has 1 aromatic rings. The van der Waals surface area contributed by atoms with E-state index >= 15 is 0 Å². The number of nitrogens with one attached hydrogen (secondary N) is 1. The van der Waals surface area contributed by atoms with Gasteiger partial charge in [-0.05, 0) is 19.2 Å².